The molecule has 2 atom stereocenters. The summed E-state index contributed by atoms with van der Waals surface area (Å²) in [4.78, 5) is 11.7. The Kier molecular flexibility index (Phi) is 6.70. The minimum Gasteiger partial charge on any atom is -0.384 e. The van der Waals surface area contributed by atoms with Crippen molar-refractivity contribution in [1.29, 1.82) is 0 Å². The predicted octanol–water partition coefficient (Wildman–Crippen LogP) is 3.85. The maximum atomic E-state index is 11.7. The molecule has 2 unspecified atom stereocenters. The largest absolute Gasteiger partial charge is 0.384 e. The summed E-state index contributed by atoms with van der Waals surface area (Å²) in [5, 5.41) is 0. The molecule has 0 bridgehead atoms. The quantitative estimate of drug-likeness (QED) is 0.639. The van der Waals surface area contributed by atoms with E-state index in [1.807, 2.05) is 13.8 Å². The van der Waals surface area contributed by atoms with Crippen LogP contribution in [-0.2, 0) is 14.3 Å². The number of methoxy groups -OCH3 is 1. The fourth-order valence-corrected chi connectivity index (χ4v) is 2.08. The van der Waals surface area contributed by atoms with Gasteiger partial charge in [-0.1, -0.05) is 34.6 Å². The molecule has 3 heteroatoms. The monoisotopic (exact) mass is 272 g/mol. The van der Waals surface area contributed by atoms with Crippen molar-refractivity contribution in [2.24, 2.45) is 10.8 Å². The number of hydrogen-bond donors (Lipinski definition) is 0. The summed E-state index contributed by atoms with van der Waals surface area (Å²) in [7, 11) is 1.73. The number of rotatable bonds is 9. The van der Waals surface area contributed by atoms with Gasteiger partial charge in [0.25, 0.3) is 0 Å². The molecule has 19 heavy (non-hydrogen) atoms. The second-order valence-corrected chi connectivity index (χ2v) is 6.66. The third-order valence-electron chi connectivity index (χ3n) is 5.05. The minimum atomic E-state index is -0.667. The fraction of sp³-hybridized carbons (Fsp3) is 0.938. The molecular weight excluding hydrogens is 240 g/mol. The highest BCUT2D eigenvalue weighted by molar-refractivity contribution is 5.84. The van der Waals surface area contributed by atoms with Crippen LogP contribution >= 0.6 is 0 Å². The van der Waals surface area contributed by atoms with Crippen molar-refractivity contribution >= 4 is 5.78 Å². The van der Waals surface area contributed by atoms with E-state index in [1.165, 1.54) is 0 Å². The average Bonchev–Trinajstić information content (AvgIpc) is 2.34. The van der Waals surface area contributed by atoms with Crippen LogP contribution < -0.4 is 0 Å². The zero-order valence-electron chi connectivity index (χ0n) is 14.1. The molecule has 0 aromatic carbocycles. The lowest BCUT2D eigenvalue weighted by atomic mass is 9.66. The summed E-state index contributed by atoms with van der Waals surface area (Å²) in [5.41, 5.74) is -0.684. The third-order valence-corrected chi connectivity index (χ3v) is 5.05. The van der Waals surface area contributed by atoms with Crippen molar-refractivity contribution in [3.05, 3.63) is 0 Å². The highest BCUT2D eigenvalue weighted by atomic mass is 16.5. The summed E-state index contributed by atoms with van der Waals surface area (Å²) in [6.07, 6.45) is 1.69. The Morgan fingerprint density at radius 3 is 1.84 bits per heavy atom. The summed E-state index contributed by atoms with van der Waals surface area (Å²) in [6, 6.07) is 0. The first-order valence-electron chi connectivity index (χ1n) is 7.22. The van der Waals surface area contributed by atoms with Crippen LogP contribution in [0.15, 0.2) is 0 Å². The smallest absolute Gasteiger partial charge is 0.161 e. The predicted molar refractivity (Wildman–Crippen MR) is 79.4 cm³/mol. The molecule has 3 nitrogen and oxygen atoms in total. The van der Waals surface area contributed by atoms with Crippen molar-refractivity contribution < 1.29 is 14.3 Å². The molecule has 0 aliphatic rings. The molecule has 114 valence electrons. The summed E-state index contributed by atoms with van der Waals surface area (Å²) >= 11 is 0. The maximum absolute atomic E-state index is 11.7. The molecule has 0 rings (SSSR count). The zero-order valence-corrected chi connectivity index (χ0v) is 14.1. The van der Waals surface area contributed by atoms with Gasteiger partial charge in [-0.15, -0.1) is 0 Å². The summed E-state index contributed by atoms with van der Waals surface area (Å²) in [5.74, 6) is 0.0954. The van der Waals surface area contributed by atoms with E-state index in [1.54, 1.807) is 14.0 Å². The lowest BCUT2D eigenvalue weighted by Crippen LogP contribution is -2.46. The van der Waals surface area contributed by atoms with Gasteiger partial charge in [0.1, 0.15) is 5.60 Å². The molecule has 0 aromatic rings. The van der Waals surface area contributed by atoms with Gasteiger partial charge >= 0.3 is 0 Å². The first-order valence-corrected chi connectivity index (χ1v) is 7.22. The van der Waals surface area contributed by atoms with Crippen LogP contribution in [0, 0.1) is 10.8 Å². The van der Waals surface area contributed by atoms with E-state index >= 15 is 0 Å². The molecule has 0 spiro atoms. The lowest BCUT2D eigenvalue weighted by Gasteiger charge is -2.45. The van der Waals surface area contributed by atoms with Gasteiger partial charge in [0, 0.05) is 7.11 Å². The van der Waals surface area contributed by atoms with Crippen LogP contribution in [0.3, 0.4) is 0 Å². The molecule has 0 heterocycles. The number of ether oxygens (including phenoxy) is 2. The molecule has 0 amide bonds. The van der Waals surface area contributed by atoms with Gasteiger partial charge in [0.2, 0.25) is 0 Å². The third kappa shape index (κ3) is 4.28. The van der Waals surface area contributed by atoms with E-state index in [2.05, 4.69) is 27.7 Å². The number of carbonyl (C=O) groups excluding carboxylic acids is 1. The Labute approximate surface area is 119 Å². The Bertz CT molecular complexity index is 298. The first-order chi connectivity index (χ1) is 8.58. The van der Waals surface area contributed by atoms with Crippen molar-refractivity contribution in [2.45, 2.75) is 66.9 Å². The van der Waals surface area contributed by atoms with E-state index in [9.17, 15) is 4.79 Å². The topological polar surface area (TPSA) is 35.5 Å². The van der Waals surface area contributed by atoms with Gasteiger partial charge in [-0.05, 0) is 37.5 Å². The fourth-order valence-electron chi connectivity index (χ4n) is 2.08. The number of Topliss-reactive ketones (excluding diaryl/α,β-unsaturated/α-hetero) is 1. The molecule has 0 saturated carbocycles. The van der Waals surface area contributed by atoms with Crippen LogP contribution in [0.25, 0.3) is 0 Å². The second kappa shape index (κ2) is 6.85. The molecule has 0 aliphatic carbocycles. The Morgan fingerprint density at radius 2 is 1.53 bits per heavy atom. The van der Waals surface area contributed by atoms with Gasteiger partial charge < -0.3 is 9.47 Å². The van der Waals surface area contributed by atoms with Crippen LogP contribution in [0.1, 0.15) is 61.3 Å². The van der Waals surface area contributed by atoms with Gasteiger partial charge in [0.15, 0.2) is 5.78 Å². The molecule has 0 aliphatic heterocycles. The highest BCUT2D eigenvalue weighted by Crippen LogP contribution is 2.43. The van der Waals surface area contributed by atoms with Crippen molar-refractivity contribution in [3.63, 3.8) is 0 Å². The van der Waals surface area contributed by atoms with Crippen molar-refractivity contribution in [1.82, 2.24) is 0 Å². The van der Waals surface area contributed by atoms with E-state index in [-0.39, 0.29) is 16.6 Å². The summed E-state index contributed by atoms with van der Waals surface area (Å²) < 4.78 is 11.4. The van der Waals surface area contributed by atoms with Crippen LogP contribution in [-0.4, -0.2) is 31.7 Å². The second-order valence-electron chi connectivity index (χ2n) is 6.66. The molecule has 0 N–H and O–H groups in total. The number of ketones is 1. The van der Waals surface area contributed by atoms with Gasteiger partial charge in [0.05, 0.1) is 13.2 Å². The zero-order chi connectivity index (χ0) is 15.3. The number of hydrogen-bond acceptors (Lipinski definition) is 3. The molecular formula is C16H32O3. The first kappa shape index (κ1) is 18.6. The van der Waals surface area contributed by atoms with Crippen LogP contribution in [0.4, 0.5) is 0 Å². The van der Waals surface area contributed by atoms with Gasteiger partial charge in [-0.3, -0.25) is 4.79 Å². The van der Waals surface area contributed by atoms with Crippen LogP contribution in [0.2, 0.25) is 0 Å². The normalized spacial score (nSPS) is 18.7. The maximum Gasteiger partial charge on any atom is 0.161 e. The van der Waals surface area contributed by atoms with E-state index in [4.69, 9.17) is 9.47 Å². The molecule has 0 radical (unpaired) electrons. The van der Waals surface area contributed by atoms with Crippen molar-refractivity contribution in [3.8, 4) is 0 Å². The van der Waals surface area contributed by atoms with Crippen molar-refractivity contribution in [2.75, 3.05) is 20.3 Å². The Hall–Kier alpha value is -0.410. The lowest BCUT2D eigenvalue weighted by molar-refractivity contribution is -0.153. The van der Waals surface area contributed by atoms with E-state index in [0.29, 0.717) is 19.6 Å². The average molecular weight is 272 g/mol. The Balaban J connectivity index is 4.95. The number of carbonyl (C=O) groups is 1. The SMILES string of the molecule is CCC(C)(OCC(C)(CC)C(C)(C)COC)C(C)=O. The molecule has 0 fully saturated rings. The van der Waals surface area contributed by atoms with E-state index < -0.39 is 5.60 Å². The van der Waals surface area contributed by atoms with E-state index in [0.717, 1.165) is 6.42 Å². The van der Waals surface area contributed by atoms with Gasteiger partial charge in [-0.25, -0.2) is 0 Å². The van der Waals surface area contributed by atoms with Gasteiger partial charge in [-0.2, -0.15) is 0 Å². The molecule has 0 aromatic heterocycles. The molecule has 0 saturated heterocycles. The highest BCUT2D eigenvalue weighted by Gasteiger charge is 2.42. The Morgan fingerprint density at radius 1 is 1.00 bits per heavy atom. The minimum absolute atomic E-state index is 0.00193. The standard InChI is InChI=1S/C16H32O3/c1-9-15(6,14(4,5)11-18-8)12-19-16(7,10-2)13(3)17/h9-12H2,1-8H3. The van der Waals surface area contributed by atoms with Crippen LogP contribution in [0.5, 0.6) is 0 Å². The summed E-state index contributed by atoms with van der Waals surface area (Å²) in [6.45, 7) is 15.5.